The van der Waals surface area contributed by atoms with E-state index in [4.69, 9.17) is 4.74 Å². The second kappa shape index (κ2) is 8.41. The highest BCUT2D eigenvalue weighted by Crippen LogP contribution is 2.21. The number of piperidine rings is 1. The lowest BCUT2D eigenvalue weighted by Gasteiger charge is -2.33. The van der Waals surface area contributed by atoms with Gasteiger partial charge in [0.05, 0.1) is 24.1 Å². The summed E-state index contributed by atoms with van der Waals surface area (Å²) in [5.41, 5.74) is 2.79. The van der Waals surface area contributed by atoms with E-state index in [1.54, 1.807) is 29.2 Å². The minimum Gasteiger partial charge on any atom is -0.371 e. The summed E-state index contributed by atoms with van der Waals surface area (Å²) in [6.07, 6.45) is 7.67. The van der Waals surface area contributed by atoms with E-state index in [1.807, 2.05) is 30.5 Å². The first kappa shape index (κ1) is 17.8. The fourth-order valence-electron chi connectivity index (χ4n) is 3.54. The van der Waals surface area contributed by atoms with Gasteiger partial charge in [0.1, 0.15) is 5.82 Å². The molecule has 3 aromatic rings. The molecule has 2 aromatic heterocycles. The van der Waals surface area contributed by atoms with E-state index in [1.165, 1.54) is 6.07 Å². The van der Waals surface area contributed by atoms with Crippen LogP contribution in [0.3, 0.4) is 0 Å². The van der Waals surface area contributed by atoms with Crippen molar-refractivity contribution in [2.24, 2.45) is 0 Å². The lowest BCUT2D eigenvalue weighted by molar-refractivity contribution is -0.0132. The molecule has 0 spiro atoms. The molecular formula is C21H23FN4O. The number of hydrogen-bond donors (Lipinski definition) is 0. The Balaban J connectivity index is 1.41. The Morgan fingerprint density at radius 3 is 2.93 bits per heavy atom. The van der Waals surface area contributed by atoms with Crippen molar-refractivity contribution in [3.63, 3.8) is 0 Å². The largest absolute Gasteiger partial charge is 0.371 e. The van der Waals surface area contributed by atoms with Crippen molar-refractivity contribution in [1.82, 2.24) is 19.7 Å². The van der Waals surface area contributed by atoms with E-state index in [9.17, 15) is 4.39 Å². The molecule has 0 N–H and O–H groups in total. The average molecular weight is 366 g/mol. The van der Waals surface area contributed by atoms with Crippen molar-refractivity contribution in [3.05, 3.63) is 78.1 Å². The topological polar surface area (TPSA) is 43.2 Å². The van der Waals surface area contributed by atoms with Crippen LogP contribution in [0.25, 0.3) is 5.69 Å². The van der Waals surface area contributed by atoms with Gasteiger partial charge in [-0.05, 0) is 61.3 Å². The van der Waals surface area contributed by atoms with Gasteiger partial charge in [-0.3, -0.25) is 9.88 Å². The van der Waals surface area contributed by atoms with Crippen LogP contribution in [-0.2, 0) is 17.9 Å². The third-order valence-electron chi connectivity index (χ3n) is 4.84. The number of likely N-dealkylation sites (tertiary alicyclic amines) is 1. The maximum absolute atomic E-state index is 13.8. The monoisotopic (exact) mass is 366 g/mol. The number of hydrogen-bond acceptors (Lipinski definition) is 4. The van der Waals surface area contributed by atoms with Gasteiger partial charge >= 0.3 is 0 Å². The van der Waals surface area contributed by atoms with Crippen LogP contribution in [0.2, 0.25) is 0 Å². The molecule has 5 nitrogen and oxygen atoms in total. The summed E-state index contributed by atoms with van der Waals surface area (Å²) in [6.45, 7) is 3.02. The minimum atomic E-state index is -0.221. The highest BCUT2D eigenvalue weighted by atomic mass is 19.1. The lowest BCUT2D eigenvalue weighted by Crippen LogP contribution is -2.39. The molecule has 0 unspecified atom stereocenters. The molecule has 140 valence electrons. The molecule has 0 amide bonds. The number of nitrogens with zero attached hydrogens (tertiary/aromatic N) is 4. The summed E-state index contributed by atoms with van der Waals surface area (Å²) < 4.78 is 21.7. The van der Waals surface area contributed by atoms with E-state index in [0.29, 0.717) is 13.2 Å². The van der Waals surface area contributed by atoms with Crippen LogP contribution in [0, 0.1) is 5.82 Å². The van der Waals surface area contributed by atoms with Crippen LogP contribution >= 0.6 is 0 Å². The van der Waals surface area contributed by atoms with Crippen molar-refractivity contribution in [1.29, 1.82) is 0 Å². The molecule has 0 bridgehead atoms. The van der Waals surface area contributed by atoms with E-state index >= 15 is 0 Å². The van der Waals surface area contributed by atoms with Gasteiger partial charge in [-0.15, -0.1) is 0 Å². The molecule has 1 atom stereocenters. The Morgan fingerprint density at radius 1 is 1.15 bits per heavy atom. The molecule has 1 saturated heterocycles. The van der Waals surface area contributed by atoms with E-state index in [-0.39, 0.29) is 11.9 Å². The van der Waals surface area contributed by atoms with Gasteiger partial charge in [0, 0.05) is 31.7 Å². The normalized spacial score (nSPS) is 17.9. The van der Waals surface area contributed by atoms with Gasteiger partial charge in [0.15, 0.2) is 0 Å². The molecule has 6 heteroatoms. The fourth-order valence-corrected chi connectivity index (χ4v) is 3.54. The van der Waals surface area contributed by atoms with Gasteiger partial charge in [0.2, 0.25) is 0 Å². The third-order valence-corrected chi connectivity index (χ3v) is 4.84. The second-order valence-corrected chi connectivity index (χ2v) is 6.86. The minimum absolute atomic E-state index is 0.169. The summed E-state index contributed by atoms with van der Waals surface area (Å²) in [5, 5.41) is 4.29. The highest BCUT2D eigenvalue weighted by molar-refractivity contribution is 5.40. The van der Waals surface area contributed by atoms with E-state index in [0.717, 1.165) is 42.9 Å². The van der Waals surface area contributed by atoms with Crippen LogP contribution in [0.1, 0.15) is 24.1 Å². The molecule has 1 aromatic carbocycles. The zero-order valence-electron chi connectivity index (χ0n) is 15.2. The molecule has 27 heavy (non-hydrogen) atoms. The van der Waals surface area contributed by atoms with Crippen molar-refractivity contribution in [2.75, 3.05) is 13.1 Å². The van der Waals surface area contributed by atoms with Crippen molar-refractivity contribution in [2.45, 2.75) is 32.1 Å². The smallest absolute Gasteiger partial charge is 0.123 e. The van der Waals surface area contributed by atoms with Crippen LogP contribution in [0.5, 0.6) is 0 Å². The molecule has 1 fully saturated rings. The highest BCUT2D eigenvalue weighted by Gasteiger charge is 2.22. The number of aromatic nitrogens is 3. The maximum atomic E-state index is 13.8. The van der Waals surface area contributed by atoms with E-state index in [2.05, 4.69) is 15.0 Å². The van der Waals surface area contributed by atoms with Gasteiger partial charge in [-0.1, -0.05) is 6.07 Å². The zero-order chi connectivity index (χ0) is 18.5. The molecule has 4 rings (SSSR count). The quantitative estimate of drug-likeness (QED) is 0.669. The summed E-state index contributed by atoms with van der Waals surface area (Å²) in [4.78, 5) is 6.64. The first-order valence-corrected chi connectivity index (χ1v) is 9.30. The van der Waals surface area contributed by atoms with Gasteiger partial charge in [0.25, 0.3) is 0 Å². The first-order valence-electron chi connectivity index (χ1n) is 9.30. The number of pyridine rings is 1. The van der Waals surface area contributed by atoms with Crippen molar-refractivity contribution < 1.29 is 9.13 Å². The zero-order valence-corrected chi connectivity index (χ0v) is 15.2. The second-order valence-electron chi connectivity index (χ2n) is 6.86. The SMILES string of the molecule is Fc1ccc(-n2cccn2)c(CN2CCC[C@H](OCc3ccccn3)C2)c1. The average Bonchev–Trinajstić information content (AvgIpc) is 3.22. The molecule has 1 aliphatic heterocycles. The predicted octanol–water partition coefficient (Wildman–Crippen LogP) is 3.59. The van der Waals surface area contributed by atoms with Crippen molar-refractivity contribution >= 4 is 0 Å². The summed E-state index contributed by atoms with van der Waals surface area (Å²) in [5.74, 6) is -0.221. The number of halogens is 1. The number of benzene rings is 1. The van der Waals surface area contributed by atoms with Crippen molar-refractivity contribution in [3.8, 4) is 5.69 Å². The molecule has 0 saturated carbocycles. The summed E-state index contributed by atoms with van der Waals surface area (Å²) in [6, 6.07) is 12.6. The van der Waals surface area contributed by atoms with Gasteiger partial charge in [-0.2, -0.15) is 5.10 Å². The fraction of sp³-hybridized carbons (Fsp3) is 0.333. The van der Waals surface area contributed by atoms with Crippen LogP contribution in [0.15, 0.2) is 61.1 Å². The maximum Gasteiger partial charge on any atom is 0.123 e. The standard InChI is InChI=1S/C21H23FN4O/c22-18-7-8-21(26-12-4-10-24-26)17(13-18)14-25-11-3-6-20(15-25)27-16-19-5-1-2-9-23-19/h1-2,4-5,7-10,12-13,20H,3,6,11,14-16H2/t20-/m0/s1. The predicted molar refractivity (Wildman–Crippen MR) is 101 cm³/mol. The molecule has 1 aliphatic rings. The molecule has 0 radical (unpaired) electrons. The van der Waals surface area contributed by atoms with E-state index < -0.39 is 0 Å². The van der Waals surface area contributed by atoms with Gasteiger partial charge in [-0.25, -0.2) is 9.07 Å². The van der Waals surface area contributed by atoms with Crippen LogP contribution in [0.4, 0.5) is 4.39 Å². The lowest BCUT2D eigenvalue weighted by atomic mass is 10.1. The third kappa shape index (κ3) is 4.59. The number of ether oxygens (including phenoxy) is 1. The summed E-state index contributed by atoms with van der Waals surface area (Å²) in [7, 11) is 0. The Bertz CT molecular complexity index is 854. The summed E-state index contributed by atoms with van der Waals surface area (Å²) >= 11 is 0. The Labute approximate surface area is 158 Å². The van der Waals surface area contributed by atoms with Crippen LogP contribution < -0.4 is 0 Å². The Hall–Kier alpha value is -2.57. The molecular weight excluding hydrogens is 343 g/mol. The molecule has 0 aliphatic carbocycles. The first-order chi connectivity index (χ1) is 13.3. The molecule has 3 heterocycles. The Morgan fingerprint density at radius 2 is 2.11 bits per heavy atom. The number of rotatable bonds is 6. The van der Waals surface area contributed by atoms with Crippen LogP contribution in [-0.4, -0.2) is 38.9 Å². The Kier molecular flexibility index (Phi) is 5.55. The van der Waals surface area contributed by atoms with Gasteiger partial charge < -0.3 is 4.74 Å².